The number of benzene rings is 1. The lowest BCUT2D eigenvalue weighted by Gasteiger charge is -2.36. The second-order valence-corrected chi connectivity index (χ2v) is 5.27. The molecule has 1 aliphatic rings. The van der Waals surface area contributed by atoms with Crippen molar-refractivity contribution in [3.05, 3.63) is 35.9 Å². The van der Waals surface area contributed by atoms with Gasteiger partial charge in [-0.25, -0.2) is 0 Å². The zero-order chi connectivity index (χ0) is 14.4. The maximum absolute atomic E-state index is 12.6. The molecule has 0 spiro atoms. The maximum atomic E-state index is 12.6. The van der Waals surface area contributed by atoms with Gasteiger partial charge in [0.2, 0.25) is 5.91 Å². The van der Waals surface area contributed by atoms with Gasteiger partial charge in [-0.05, 0) is 18.4 Å². The van der Waals surface area contributed by atoms with Crippen molar-refractivity contribution in [2.75, 3.05) is 13.7 Å². The summed E-state index contributed by atoms with van der Waals surface area (Å²) in [7, 11) is 1.32. The normalized spacial score (nSPS) is 17.2. The average molecular weight is 275 g/mol. The number of carbonyl (C=O) groups is 2. The quantitative estimate of drug-likeness (QED) is 0.857. The Morgan fingerprint density at radius 2 is 1.80 bits per heavy atom. The Morgan fingerprint density at radius 1 is 1.15 bits per heavy atom. The molecule has 0 saturated heterocycles. The fraction of sp³-hybridized carbons (Fsp3) is 0.500. The number of rotatable bonds is 4. The van der Waals surface area contributed by atoms with Crippen LogP contribution in [-0.2, 0) is 19.7 Å². The Kier molecular flexibility index (Phi) is 4.77. The predicted molar refractivity (Wildman–Crippen MR) is 76.2 cm³/mol. The van der Waals surface area contributed by atoms with E-state index in [0.717, 1.165) is 31.2 Å². The molecule has 108 valence electrons. The molecular formula is C16H21NO3. The molecule has 4 nitrogen and oxygen atoms in total. The van der Waals surface area contributed by atoms with Crippen LogP contribution in [0.15, 0.2) is 30.3 Å². The van der Waals surface area contributed by atoms with Gasteiger partial charge in [0.25, 0.3) is 0 Å². The van der Waals surface area contributed by atoms with Crippen molar-refractivity contribution in [1.29, 1.82) is 0 Å². The molecule has 0 aromatic heterocycles. The zero-order valence-electron chi connectivity index (χ0n) is 11.9. The Labute approximate surface area is 119 Å². The molecule has 1 aromatic carbocycles. The fourth-order valence-corrected chi connectivity index (χ4v) is 2.95. The van der Waals surface area contributed by atoms with Gasteiger partial charge < -0.3 is 10.1 Å². The summed E-state index contributed by atoms with van der Waals surface area (Å²) in [6, 6.07) is 9.87. The van der Waals surface area contributed by atoms with Gasteiger partial charge in [-0.15, -0.1) is 0 Å². The van der Waals surface area contributed by atoms with Gasteiger partial charge in [-0.1, -0.05) is 49.6 Å². The summed E-state index contributed by atoms with van der Waals surface area (Å²) >= 11 is 0. The van der Waals surface area contributed by atoms with Crippen LogP contribution < -0.4 is 5.32 Å². The van der Waals surface area contributed by atoms with Crippen molar-refractivity contribution in [3.8, 4) is 0 Å². The molecule has 0 atom stereocenters. The number of amides is 1. The van der Waals surface area contributed by atoms with Crippen molar-refractivity contribution >= 4 is 11.9 Å². The highest BCUT2D eigenvalue weighted by molar-refractivity contribution is 5.90. The van der Waals surface area contributed by atoms with Crippen LogP contribution in [0.5, 0.6) is 0 Å². The topological polar surface area (TPSA) is 55.4 Å². The first-order valence-electron chi connectivity index (χ1n) is 7.10. The number of ether oxygens (including phenoxy) is 1. The second-order valence-electron chi connectivity index (χ2n) is 5.27. The number of esters is 1. The standard InChI is InChI=1S/C16H21NO3/c1-20-14(18)12-17-15(19)16(10-6-3-7-11-16)13-8-4-2-5-9-13/h2,4-5,8-9H,3,6-7,10-12H2,1H3,(H,17,19). The van der Waals surface area contributed by atoms with Crippen molar-refractivity contribution in [2.24, 2.45) is 0 Å². The third-order valence-corrected chi connectivity index (χ3v) is 4.09. The van der Waals surface area contributed by atoms with Crippen LogP contribution in [0.2, 0.25) is 0 Å². The number of methoxy groups -OCH3 is 1. The molecule has 1 aliphatic carbocycles. The molecule has 0 heterocycles. The zero-order valence-corrected chi connectivity index (χ0v) is 11.9. The van der Waals surface area contributed by atoms with Crippen LogP contribution in [0.4, 0.5) is 0 Å². The van der Waals surface area contributed by atoms with E-state index >= 15 is 0 Å². The summed E-state index contributed by atoms with van der Waals surface area (Å²) in [5.41, 5.74) is 0.551. The van der Waals surface area contributed by atoms with Crippen molar-refractivity contribution in [1.82, 2.24) is 5.32 Å². The summed E-state index contributed by atoms with van der Waals surface area (Å²) in [6.45, 7) is -0.0656. The van der Waals surface area contributed by atoms with Crippen LogP contribution >= 0.6 is 0 Å². The Balaban J connectivity index is 2.19. The van der Waals surface area contributed by atoms with E-state index in [4.69, 9.17) is 0 Å². The number of hydrogen-bond donors (Lipinski definition) is 1. The van der Waals surface area contributed by atoms with Crippen LogP contribution in [0, 0.1) is 0 Å². The molecule has 1 aromatic rings. The molecule has 0 unspecified atom stereocenters. The highest BCUT2D eigenvalue weighted by Gasteiger charge is 2.40. The molecular weight excluding hydrogens is 254 g/mol. The van der Waals surface area contributed by atoms with Gasteiger partial charge >= 0.3 is 5.97 Å². The van der Waals surface area contributed by atoms with E-state index < -0.39 is 11.4 Å². The highest BCUT2D eigenvalue weighted by Crippen LogP contribution is 2.39. The first-order chi connectivity index (χ1) is 9.69. The molecule has 4 heteroatoms. The Hall–Kier alpha value is -1.84. The molecule has 1 amide bonds. The lowest BCUT2D eigenvalue weighted by molar-refractivity contribution is -0.142. The first-order valence-corrected chi connectivity index (χ1v) is 7.10. The van der Waals surface area contributed by atoms with Gasteiger partial charge in [-0.2, -0.15) is 0 Å². The largest absolute Gasteiger partial charge is 0.468 e. The molecule has 1 N–H and O–H groups in total. The minimum absolute atomic E-state index is 0.0613. The van der Waals surface area contributed by atoms with Gasteiger partial charge in [0.1, 0.15) is 6.54 Å². The number of nitrogens with one attached hydrogen (secondary N) is 1. The smallest absolute Gasteiger partial charge is 0.325 e. The summed E-state index contributed by atoms with van der Waals surface area (Å²) in [5.74, 6) is -0.480. The van der Waals surface area contributed by atoms with Crippen molar-refractivity contribution in [2.45, 2.75) is 37.5 Å². The van der Waals surface area contributed by atoms with Gasteiger partial charge in [0.15, 0.2) is 0 Å². The van der Waals surface area contributed by atoms with Crippen molar-refractivity contribution < 1.29 is 14.3 Å². The van der Waals surface area contributed by atoms with Crippen LogP contribution in [0.1, 0.15) is 37.7 Å². The molecule has 1 saturated carbocycles. The highest BCUT2D eigenvalue weighted by atomic mass is 16.5. The molecule has 0 bridgehead atoms. The third-order valence-electron chi connectivity index (χ3n) is 4.09. The van der Waals surface area contributed by atoms with E-state index in [-0.39, 0.29) is 12.5 Å². The Bertz CT molecular complexity index is 464. The summed E-state index contributed by atoms with van der Waals surface area (Å²) < 4.78 is 4.57. The van der Waals surface area contributed by atoms with Crippen LogP contribution in [0.3, 0.4) is 0 Å². The average Bonchev–Trinajstić information content (AvgIpc) is 2.53. The SMILES string of the molecule is COC(=O)CNC(=O)C1(c2ccccc2)CCCCC1. The van der Waals surface area contributed by atoms with Crippen LogP contribution in [-0.4, -0.2) is 25.5 Å². The van der Waals surface area contributed by atoms with E-state index in [2.05, 4.69) is 10.1 Å². The number of hydrogen-bond acceptors (Lipinski definition) is 3. The van der Waals surface area contributed by atoms with E-state index in [1.54, 1.807) is 0 Å². The van der Waals surface area contributed by atoms with E-state index in [9.17, 15) is 9.59 Å². The Morgan fingerprint density at radius 3 is 2.40 bits per heavy atom. The fourth-order valence-electron chi connectivity index (χ4n) is 2.95. The van der Waals surface area contributed by atoms with Gasteiger partial charge in [-0.3, -0.25) is 9.59 Å². The van der Waals surface area contributed by atoms with E-state index in [1.807, 2.05) is 30.3 Å². The molecule has 1 fully saturated rings. The van der Waals surface area contributed by atoms with Crippen LogP contribution in [0.25, 0.3) is 0 Å². The molecule has 0 radical (unpaired) electrons. The lowest BCUT2D eigenvalue weighted by Crippen LogP contribution is -2.47. The summed E-state index contributed by atoms with van der Waals surface area (Å²) in [5, 5.41) is 2.73. The lowest BCUT2D eigenvalue weighted by atomic mass is 9.68. The third kappa shape index (κ3) is 3.00. The number of carbonyl (C=O) groups excluding carboxylic acids is 2. The van der Waals surface area contributed by atoms with E-state index in [0.29, 0.717) is 0 Å². The monoisotopic (exact) mass is 275 g/mol. The minimum Gasteiger partial charge on any atom is -0.468 e. The van der Waals surface area contributed by atoms with E-state index in [1.165, 1.54) is 13.5 Å². The minimum atomic E-state index is -0.493. The maximum Gasteiger partial charge on any atom is 0.325 e. The molecule has 20 heavy (non-hydrogen) atoms. The predicted octanol–water partition coefficient (Wildman–Crippen LogP) is 2.18. The summed E-state index contributed by atoms with van der Waals surface area (Å²) in [4.78, 5) is 23.8. The van der Waals surface area contributed by atoms with Crippen molar-refractivity contribution in [3.63, 3.8) is 0 Å². The molecule has 2 rings (SSSR count). The summed E-state index contributed by atoms with van der Waals surface area (Å²) in [6.07, 6.45) is 4.92. The first kappa shape index (κ1) is 14.6. The molecule has 0 aliphatic heterocycles. The second kappa shape index (κ2) is 6.55. The van der Waals surface area contributed by atoms with Gasteiger partial charge in [0.05, 0.1) is 12.5 Å². The van der Waals surface area contributed by atoms with Gasteiger partial charge in [0, 0.05) is 0 Å².